The first kappa shape index (κ1) is 29.0. The largest absolute Gasteiger partial charge is 0.484 e. The molecule has 0 spiro atoms. The molecule has 0 aromatic heterocycles. The number of fused-ring (bicyclic) bond motifs is 3. The molecule has 2 atom stereocenters. The first-order valence-electron chi connectivity index (χ1n) is 15.3. The molecule has 8 heteroatoms. The van der Waals surface area contributed by atoms with Crippen LogP contribution in [0.25, 0.3) is 10.8 Å². The average molecular weight is 610 g/mol. The van der Waals surface area contributed by atoms with Gasteiger partial charge in [0.25, 0.3) is 17.7 Å². The van der Waals surface area contributed by atoms with E-state index in [2.05, 4.69) is 0 Å². The third-order valence-corrected chi connectivity index (χ3v) is 8.70. The van der Waals surface area contributed by atoms with Crippen LogP contribution < -0.4 is 14.5 Å². The number of hydrogen-bond donors (Lipinski definition) is 0. The van der Waals surface area contributed by atoms with E-state index in [1.54, 1.807) is 34.1 Å². The summed E-state index contributed by atoms with van der Waals surface area (Å²) in [5, 5.41) is 2.11. The van der Waals surface area contributed by atoms with Gasteiger partial charge in [0, 0.05) is 17.4 Å². The van der Waals surface area contributed by atoms with Crippen LogP contribution in [0.5, 0.6) is 5.75 Å². The van der Waals surface area contributed by atoms with Crippen molar-refractivity contribution in [2.45, 2.75) is 25.4 Å². The summed E-state index contributed by atoms with van der Waals surface area (Å²) < 4.78 is 6.04. The lowest BCUT2D eigenvalue weighted by atomic mass is 9.89. The Kier molecular flexibility index (Phi) is 7.54. The molecule has 46 heavy (non-hydrogen) atoms. The van der Waals surface area contributed by atoms with E-state index in [-0.39, 0.29) is 31.0 Å². The molecule has 5 aromatic carbocycles. The molecule has 5 aromatic rings. The van der Waals surface area contributed by atoms with Gasteiger partial charge in [0.2, 0.25) is 5.91 Å². The molecule has 0 aliphatic carbocycles. The van der Waals surface area contributed by atoms with Gasteiger partial charge >= 0.3 is 0 Å². The van der Waals surface area contributed by atoms with E-state index in [0.717, 1.165) is 21.2 Å². The van der Waals surface area contributed by atoms with Crippen molar-refractivity contribution in [1.82, 2.24) is 4.90 Å². The Morgan fingerprint density at radius 3 is 2.13 bits per heavy atom. The van der Waals surface area contributed by atoms with Crippen molar-refractivity contribution in [2.24, 2.45) is 0 Å². The van der Waals surface area contributed by atoms with Gasteiger partial charge in [-0.25, -0.2) is 0 Å². The minimum absolute atomic E-state index is 0.178. The summed E-state index contributed by atoms with van der Waals surface area (Å²) >= 11 is 0. The van der Waals surface area contributed by atoms with Crippen molar-refractivity contribution < 1.29 is 23.9 Å². The average Bonchev–Trinajstić information content (AvgIpc) is 3.32. The first-order valence-corrected chi connectivity index (χ1v) is 15.3. The van der Waals surface area contributed by atoms with Crippen LogP contribution in [-0.4, -0.2) is 47.7 Å². The monoisotopic (exact) mass is 609 g/mol. The maximum atomic E-state index is 14.1. The van der Waals surface area contributed by atoms with E-state index in [1.807, 2.05) is 104 Å². The van der Waals surface area contributed by atoms with E-state index in [4.69, 9.17) is 4.74 Å². The number of carbonyl (C=O) groups excluding carboxylic acids is 4. The van der Waals surface area contributed by atoms with Gasteiger partial charge in [0.15, 0.2) is 6.61 Å². The van der Waals surface area contributed by atoms with Crippen molar-refractivity contribution in [2.75, 3.05) is 23.0 Å². The summed E-state index contributed by atoms with van der Waals surface area (Å²) in [4.78, 5) is 58.4. The van der Waals surface area contributed by atoms with Crippen LogP contribution in [0.15, 0.2) is 121 Å². The van der Waals surface area contributed by atoms with Crippen LogP contribution in [0.2, 0.25) is 0 Å². The number of ether oxygens (including phenoxy) is 1. The second-order valence-electron chi connectivity index (χ2n) is 11.6. The third-order valence-electron chi connectivity index (χ3n) is 8.70. The van der Waals surface area contributed by atoms with Gasteiger partial charge in [-0.15, -0.1) is 0 Å². The smallest absolute Gasteiger partial charge is 0.265 e. The number of benzene rings is 5. The summed E-state index contributed by atoms with van der Waals surface area (Å²) in [5.74, 6) is -0.946. The van der Waals surface area contributed by atoms with E-state index in [0.29, 0.717) is 34.7 Å². The molecule has 2 aliphatic rings. The van der Waals surface area contributed by atoms with Crippen molar-refractivity contribution in [3.63, 3.8) is 0 Å². The Morgan fingerprint density at radius 1 is 0.761 bits per heavy atom. The van der Waals surface area contributed by atoms with Crippen LogP contribution in [0.4, 0.5) is 11.4 Å². The summed E-state index contributed by atoms with van der Waals surface area (Å²) in [7, 11) is 0. The van der Waals surface area contributed by atoms with Crippen molar-refractivity contribution in [1.29, 1.82) is 0 Å². The number of hydrogen-bond acceptors (Lipinski definition) is 5. The van der Waals surface area contributed by atoms with Gasteiger partial charge in [-0.2, -0.15) is 0 Å². The number of carbonyl (C=O) groups is 4. The minimum atomic E-state index is -0.475. The summed E-state index contributed by atoms with van der Waals surface area (Å²) in [5.41, 5.74) is 2.74. The van der Waals surface area contributed by atoms with Gasteiger partial charge < -0.3 is 14.5 Å². The number of rotatable bonds is 7. The van der Waals surface area contributed by atoms with Crippen molar-refractivity contribution in [3.8, 4) is 5.75 Å². The zero-order valence-corrected chi connectivity index (χ0v) is 25.2. The fourth-order valence-corrected chi connectivity index (χ4v) is 6.56. The zero-order chi connectivity index (χ0) is 31.8. The predicted octanol–water partition coefficient (Wildman–Crippen LogP) is 6.41. The first-order chi connectivity index (χ1) is 22.4. The molecule has 228 valence electrons. The van der Waals surface area contributed by atoms with E-state index >= 15 is 0 Å². The molecule has 0 fully saturated rings. The van der Waals surface area contributed by atoms with Crippen LogP contribution in [0, 0.1) is 0 Å². The van der Waals surface area contributed by atoms with Crippen molar-refractivity contribution >= 4 is 45.8 Å². The quantitative estimate of drug-likeness (QED) is 0.199. The Bertz CT molecular complexity index is 1960. The Balaban J connectivity index is 1.17. The molecule has 0 saturated carbocycles. The van der Waals surface area contributed by atoms with E-state index in [9.17, 15) is 19.2 Å². The summed E-state index contributed by atoms with van der Waals surface area (Å²) in [6.07, 6.45) is 0.432. The third kappa shape index (κ3) is 5.17. The predicted molar refractivity (Wildman–Crippen MR) is 176 cm³/mol. The topological polar surface area (TPSA) is 87.2 Å². The summed E-state index contributed by atoms with van der Waals surface area (Å²) in [6, 6.07) is 36.5. The fraction of sp³-hybridized carbons (Fsp3) is 0.158. The lowest BCUT2D eigenvalue weighted by molar-refractivity contribution is -0.121. The van der Waals surface area contributed by atoms with Gasteiger partial charge in [-0.05, 0) is 72.1 Å². The maximum Gasteiger partial charge on any atom is 0.265 e. The Morgan fingerprint density at radius 2 is 1.39 bits per heavy atom. The molecule has 0 saturated heterocycles. The molecular formula is C38H31N3O5. The van der Waals surface area contributed by atoms with Gasteiger partial charge in [0.1, 0.15) is 12.3 Å². The number of para-hydroxylation sites is 2. The van der Waals surface area contributed by atoms with Crippen LogP contribution in [-0.2, 0) is 9.59 Å². The molecule has 4 amide bonds. The lowest BCUT2D eigenvalue weighted by Gasteiger charge is -2.43. The highest BCUT2D eigenvalue weighted by Gasteiger charge is 2.42. The Labute approximate surface area is 266 Å². The van der Waals surface area contributed by atoms with Gasteiger partial charge in [0.05, 0.1) is 17.2 Å². The van der Waals surface area contributed by atoms with Crippen LogP contribution >= 0.6 is 0 Å². The van der Waals surface area contributed by atoms with E-state index in [1.165, 1.54) is 0 Å². The second kappa shape index (κ2) is 12.0. The van der Waals surface area contributed by atoms with Crippen LogP contribution in [0.1, 0.15) is 45.7 Å². The molecule has 0 unspecified atom stereocenters. The Hall–Kier alpha value is -5.76. The number of amides is 4. The fourth-order valence-electron chi connectivity index (χ4n) is 6.56. The standard InChI is InChI=1S/C38H31N3O5/c1-25-21-34(41(28-13-3-2-4-14-28)36(43)24-46-29-20-19-26-11-5-6-12-27(26)22-29)32-17-9-10-18-33(32)40(25)35(42)23-39-37(44)30-15-7-8-16-31(30)38(39)45/h2-20,22,25,34H,21,23-24H2,1H3/t25-,34-/m0/s1. The molecular weight excluding hydrogens is 578 g/mol. The van der Waals surface area contributed by atoms with Gasteiger partial charge in [-0.3, -0.25) is 24.1 Å². The van der Waals surface area contributed by atoms with Crippen molar-refractivity contribution in [3.05, 3.63) is 138 Å². The normalized spacial score (nSPS) is 17.1. The van der Waals surface area contributed by atoms with Crippen LogP contribution in [0.3, 0.4) is 0 Å². The second-order valence-corrected chi connectivity index (χ2v) is 11.6. The molecule has 2 aliphatic heterocycles. The maximum absolute atomic E-state index is 14.1. The van der Waals surface area contributed by atoms with Gasteiger partial charge in [-0.1, -0.05) is 78.9 Å². The molecule has 0 N–H and O–H groups in total. The highest BCUT2D eigenvalue weighted by atomic mass is 16.5. The molecule has 0 radical (unpaired) electrons. The SMILES string of the molecule is C[C@H]1C[C@H](N(C(=O)COc2ccc3ccccc3c2)c2ccccc2)c2ccccc2N1C(=O)CN1C(=O)c2ccccc2C1=O. The molecule has 8 nitrogen and oxygen atoms in total. The highest BCUT2D eigenvalue weighted by molar-refractivity contribution is 6.22. The number of nitrogens with zero attached hydrogens (tertiary/aromatic N) is 3. The summed E-state index contributed by atoms with van der Waals surface area (Å²) in [6.45, 7) is 1.36. The zero-order valence-electron chi connectivity index (χ0n) is 25.2. The number of anilines is 2. The molecule has 2 heterocycles. The molecule has 0 bridgehead atoms. The minimum Gasteiger partial charge on any atom is -0.484 e. The lowest BCUT2D eigenvalue weighted by Crippen LogP contribution is -2.51. The van der Waals surface area contributed by atoms with E-state index < -0.39 is 17.9 Å². The number of imide groups is 1. The highest BCUT2D eigenvalue weighted by Crippen LogP contribution is 2.42. The molecule has 7 rings (SSSR count).